The van der Waals surface area contributed by atoms with E-state index >= 15 is 0 Å². The van der Waals surface area contributed by atoms with Gasteiger partial charge in [-0.1, -0.05) is 56.5 Å². The van der Waals surface area contributed by atoms with Gasteiger partial charge in [-0.25, -0.2) is 4.79 Å². The summed E-state index contributed by atoms with van der Waals surface area (Å²) in [6.45, 7) is 5.53. The third kappa shape index (κ3) is 8.15. The van der Waals surface area contributed by atoms with E-state index in [1.165, 1.54) is 25.0 Å². The van der Waals surface area contributed by atoms with Gasteiger partial charge in [0.25, 0.3) is 0 Å². The van der Waals surface area contributed by atoms with Crippen LogP contribution < -0.4 is 9.47 Å². The van der Waals surface area contributed by atoms with Crippen LogP contribution in [0.3, 0.4) is 0 Å². The second-order valence-corrected chi connectivity index (χ2v) is 6.93. The number of ether oxygens (including phenoxy) is 2. The maximum Gasteiger partial charge on any atom is 0.335 e. The van der Waals surface area contributed by atoms with Gasteiger partial charge in [0, 0.05) is 5.56 Å². The monoisotopic (exact) mass is 413 g/mol. The minimum absolute atomic E-state index is 0.146. The number of oxime groups is 1. The zero-order valence-electron chi connectivity index (χ0n) is 17.8. The van der Waals surface area contributed by atoms with Crippen LogP contribution in [-0.4, -0.2) is 36.6 Å². The molecule has 2 aromatic rings. The highest BCUT2D eigenvalue weighted by Gasteiger charge is 2.10. The SMILES string of the molecule is CCCCCCOc1cccc(C(COc2cccc(C(=O)O)c2)=NOCCC)c1. The van der Waals surface area contributed by atoms with E-state index < -0.39 is 5.97 Å². The second-order valence-electron chi connectivity index (χ2n) is 6.93. The largest absolute Gasteiger partial charge is 0.494 e. The topological polar surface area (TPSA) is 77.4 Å². The van der Waals surface area contributed by atoms with Crippen molar-refractivity contribution in [3.05, 3.63) is 59.7 Å². The first kappa shape index (κ1) is 23.3. The first-order valence-electron chi connectivity index (χ1n) is 10.5. The van der Waals surface area contributed by atoms with E-state index in [0.29, 0.717) is 24.7 Å². The molecule has 0 fully saturated rings. The number of hydrogen-bond donors (Lipinski definition) is 1. The number of carbonyl (C=O) groups is 1. The Balaban J connectivity index is 2.07. The van der Waals surface area contributed by atoms with Crippen LogP contribution in [0.4, 0.5) is 0 Å². The van der Waals surface area contributed by atoms with Crippen molar-refractivity contribution >= 4 is 11.7 Å². The van der Waals surface area contributed by atoms with Crippen LogP contribution in [0.5, 0.6) is 11.5 Å². The molecule has 0 radical (unpaired) electrons. The molecule has 1 N–H and O–H groups in total. The van der Waals surface area contributed by atoms with Gasteiger partial charge in [-0.2, -0.15) is 0 Å². The zero-order valence-corrected chi connectivity index (χ0v) is 17.8. The molecule has 2 aromatic carbocycles. The Labute approximate surface area is 178 Å². The fourth-order valence-corrected chi connectivity index (χ4v) is 2.73. The average molecular weight is 414 g/mol. The molecule has 0 saturated carbocycles. The van der Waals surface area contributed by atoms with E-state index in [2.05, 4.69) is 12.1 Å². The minimum Gasteiger partial charge on any atom is -0.494 e. The fraction of sp³-hybridized carbons (Fsp3) is 0.417. The summed E-state index contributed by atoms with van der Waals surface area (Å²) in [6, 6.07) is 14.1. The van der Waals surface area contributed by atoms with Crippen LogP contribution in [0.15, 0.2) is 53.7 Å². The van der Waals surface area contributed by atoms with Crippen molar-refractivity contribution in [1.29, 1.82) is 0 Å². The predicted molar refractivity (Wildman–Crippen MR) is 118 cm³/mol. The van der Waals surface area contributed by atoms with Gasteiger partial charge >= 0.3 is 5.97 Å². The molecule has 162 valence electrons. The normalized spacial score (nSPS) is 11.2. The van der Waals surface area contributed by atoms with Crippen LogP contribution >= 0.6 is 0 Å². The molecular weight excluding hydrogens is 382 g/mol. The highest BCUT2D eigenvalue weighted by Crippen LogP contribution is 2.18. The molecule has 30 heavy (non-hydrogen) atoms. The van der Waals surface area contributed by atoms with E-state index in [4.69, 9.17) is 19.4 Å². The van der Waals surface area contributed by atoms with E-state index in [1.807, 2.05) is 31.2 Å². The summed E-state index contributed by atoms with van der Waals surface area (Å²) in [5.41, 5.74) is 1.62. The van der Waals surface area contributed by atoms with Gasteiger partial charge < -0.3 is 19.4 Å². The lowest BCUT2D eigenvalue weighted by atomic mass is 10.1. The van der Waals surface area contributed by atoms with E-state index in [9.17, 15) is 4.79 Å². The Hall–Kier alpha value is -3.02. The van der Waals surface area contributed by atoms with E-state index in [-0.39, 0.29) is 12.2 Å². The summed E-state index contributed by atoms with van der Waals surface area (Å²) in [6.07, 6.45) is 5.45. The smallest absolute Gasteiger partial charge is 0.335 e. The zero-order chi connectivity index (χ0) is 21.6. The van der Waals surface area contributed by atoms with Gasteiger partial charge in [-0.15, -0.1) is 0 Å². The molecule has 0 unspecified atom stereocenters. The summed E-state index contributed by atoms with van der Waals surface area (Å²) in [7, 11) is 0. The van der Waals surface area contributed by atoms with Crippen LogP contribution in [0, 0.1) is 0 Å². The third-order valence-corrected chi connectivity index (χ3v) is 4.36. The number of benzene rings is 2. The number of carboxylic acids is 1. The van der Waals surface area contributed by atoms with Gasteiger partial charge in [-0.3, -0.25) is 0 Å². The average Bonchev–Trinajstić information content (AvgIpc) is 2.76. The maximum absolute atomic E-state index is 11.2. The Bertz CT molecular complexity index is 819. The standard InChI is InChI=1S/C24H31NO5/c1-3-5-6-7-15-28-21-12-8-10-19(16-21)23(25-30-14-4-2)18-29-22-13-9-11-20(17-22)24(26)27/h8-13,16-17H,3-7,14-15,18H2,1-2H3,(H,26,27). The maximum atomic E-state index is 11.2. The third-order valence-electron chi connectivity index (χ3n) is 4.36. The molecule has 6 nitrogen and oxygen atoms in total. The van der Waals surface area contributed by atoms with Gasteiger partial charge in [0.15, 0.2) is 0 Å². The Morgan fingerprint density at radius 3 is 2.27 bits per heavy atom. The van der Waals surface area contributed by atoms with Crippen LogP contribution in [0.2, 0.25) is 0 Å². The minimum atomic E-state index is -0.996. The lowest BCUT2D eigenvalue weighted by Gasteiger charge is -2.12. The number of carboxylic acid groups (broad SMARTS) is 1. The molecule has 0 atom stereocenters. The van der Waals surface area contributed by atoms with Gasteiger partial charge in [-0.05, 0) is 43.2 Å². The van der Waals surface area contributed by atoms with Crippen molar-refractivity contribution in [3.8, 4) is 11.5 Å². The molecule has 0 spiro atoms. The summed E-state index contributed by atoms with van der Waals surface area (Å²) >= 11 is 0. The molecular formula is C24H31NO5. The highest BCUT2D eigenvalue weighted by molar-refractivity contribution is 6.01. The first-order valence-corrected chi connectivity index (χ1v) is 10.5. The van der Waals surface area contributed by atoms with Gasteiger partial charge in [0.05, 0.1) is 12.2 Å². The van der Waals surface area contributed by atoms with Crippen LogP contribution in [0.1, 0.15) is 61.9 Å². The van der Waals surface area contributed by atoms with Gasteiger partial charge in [0.2, 0.25) is 0 Å². The number of nitrogens with zero attached hydrogens (tertiary/aromatic N) is 1. The molecule has 0 bridgehead atoms. The second kappa shape index (κ2) is 13.2. The van der Waals surface area contributed by atoms with Gasteiger partial charge in [0.1, 0.15) is 30.4 Å². The number of unbranched alkanes of at least 4 members (excludes halogenated alkanes) is 3. The molecule has 6 heteroatoms. The molecule has 0 aliphatic carbocycles. The Morgan fingerprint density at radius 1 is 0.867 bits per heavy atom. The summed E-state index contributed by atoms with van der Waals surface area (Å²) in [5, 5.41) is 13.4. The van der Waals surface area contributed by atoms with Crippen molar-refractivity contribution in [1.82, 2.24) is 0 Å². The van der Waals surface area contributed by atoms with Crippen LogP contribution in [0.25, 0.3) is 0 Å². The van der Waals surface area contributed by atoms with Crippen molar-refractivity contribution in [3.63, 3.8) is 0 Å². The highest BCUT2D eigenvalue weighted by atomic mass is 16.6. The quantitative estimate of drug-likeness (QED) is 0.249. The van der Waals surface area contributed by atoms with Crippen molar-refractivity contribution in [2.45, 2.75) is 46.0 Å². The van der Waals surface area contributed by atoms with Crippen molar-refractivity contribution in [2.24, 2.45) is 5.16 Å². The van der Waals surface area contributed by atoms with Crippen molar-refractivity contribution in [2.75, 3.05) is 19.8 Å². The molecule has 0 aliphatic rings. The molecule has 0 saturated heterocycles. The van der Waals surface area contributed by atoms with Crippen molar-refractivity contribution < 1.29 is 24.2 Å². The molecule has 0 aliphatic heterocycles. The van der Waals surface area contributed by atoms with E-state index in [1.54, 1.807) is 12.1 Å². The Morgan fingerprint density at radius 2 is 1.57 bits per heavy atom. The molecule has 0 heterocycles. The number of aromatic carboxylic acids is 1. The molecule has 2 rings (SSSR count). The molecule has 0 amide bonds. The summed E-state index contributed by atoms with van der Waals surface area (Å²) in [4.78, 5) is 16.5. The fourth-order valence-electron chi connectivity index (χ4n) is 2.73. The summed E-state index contributed by atoms with van der Waals surface area (Å²) in [5.74, 6) is 0.242. The number of hydrogen-bond acceptors (Lipinski definition) is 5. The van der Waals surface area contributed by atoms with E-state index in [0.717, 1.165) is 30.6 Å². The summed E-state index contributed by atoms with van der Waals surface area (Å²) < 4.78 is 11.7. The lowest BCUT2D eigenvalue weighted by Crippen LogP contribution is -2.14. The lowest BCUT2D eigenvalue weighted by molar-refractivity contribution is 0.0696. The number of rotatable bonds is 14. The Kier molecular flexibility index (Phi) is 10.3. The molecule has 0 aromatic heterocycles. The predicted octanol–water partition coefficient (Wildman–Crippen LogP) is 5.55. The van der Waals surface area contributed by atoms with Crippen LogP contribution in [-0.2, 0) is 4.84 Å². The first-order chi connectivity index (χ1) is 14.6.